The zero-order valence-electron chi connectivity index (χ0n) is 5.92. The van der Waals surface area contributed by atoms with Crippen molar-refractivity contribution in [2.75, 3.05) is 0 Å². The topological polar surface area (TPSA) is 15.8 Å². The van der Waals surface area contributed by atoms with Crippen LogP contribution in [0.5, 0.6) is 0 Å². The monoisotopic (exact) mass is 206 g/mol. The largest absolute Gasteiger partial charge is 0.303 e. The van der Waals surface area contributed by atoms with Gasteiger partial charge in [-0.2, -0.15) is 8.78 Å². The van der Waals surface area contributed by atoms with Gasteiger partial charge in [0, 0.05) is 29.6 Å². The molecular formula is C5HF4NNaS. The summed E-state index contributed by atoms with van der Waals surface area (Å²) in [6, 6.07) is 0. The molecule has 61 valence electrons. The van der Waals surface area contributed by atoms with Crippen LogP contribution < -0.4 is 0 Å². The summed E-state index contributed by atoms with van der Waals surface area (Å²) < 4.78 is 47.7. The number of nitrogens with one attached hydrogen (secondary N) is 1. The van der Waals surface area contributed by atoms with Crippen LogP contribution in [0.25, 0.3) is 0 Å². The molecule has 1 aromatic rings. The van der Waals surface area contributed by atoms with E-state index >= 15 is 0 Å². The van der Waals surface area contributed by atoms with Crippen molar-refractivity contribution in [2.24, 2.45) is 0 Å². The summed E-state index contributed by atoms with van der Waals surface area (Å²) in [5.74, 6) is -6.37. The van der Waals surface area contributed by atoms with E-state index < -0.39 is 28.0 Å². The Balaban J connectivity index is 0.00000121. The number of pyridine rings is 1. The van der Waals surface area contributed by atoms with E-state index in [0.717, 1.165) is 0 Å². The van der Waals surface area contributed by atoms with Crippen molar-refractivity contribution in [1.82, 2.24) is 4.98 Å². The van der Waals surface area contributed by atoms with Crippen LogP contribution in [0, 0.1) is 28.0 Å². The van der Waals surface area contributed by atoms with E-state index in [1.807, 2.05) is 0 Å². The molecule has 1 heterocycles. The fraction of sp³-hybridized carbons (Fsp3) is 0. The van der Waals surface area contributed by atoms with E-state index in [-0.39, 0.29) is 29.6 Å². The third-order valence-electron chi connectivity index (χ3n) is 1.00. The van der Waals surface area contributed by atoms with E-state index in [1.54, 1.807) is 0 Å². The number of rotatable bonds is 0. The molecule has 1 aromatic heterocycles. The molecule has 0 fully saturated rings. The van der Waals surface area contributed by atoms with Crippen LogP contribution in [0.1, 0.15) is 0 Å². The molecule has 0 atom stereocenters. The van der Waals surface area contributed by atoms with Crippen LogP contribution in [-0.4, -0.2) is 34.5 Å². The molecule has 0 aromatic carbocycles. The summed E-state index contributed by atoms with van der Waals surface area (Å²) in [5.41, 5.74) is 0. The van der Waals surface area contributed by atoms with E-state index in [2.05, 4.69) is 12.2 Å². The molecule has 0 aliphatic carbocycles. The summed E-state index contributed by atoms with van der Waals surface area (Å²) in [5, 5.41) is 0. The van der Waals surface area contributed by atoms with Crippen molar-refractivity contribution in [2.45, 2.75) is 0 Å². The average molecular weight is 206 g/mol. The van der Waals surface area contributed by atoms with Crippen LogP contribution in [0.2, 0.25) is 0 Å². The molecule has 7 heteroatoms. The van der Waals surface area contributed by atoms with Gasteiger partial charge in [-0.05, 0) is 0 Å². The summed E-state index contributed by atoms with van der Waals surface area (Å²) in [4.78, 5) is 1.20. The van der Waals surface area contributed by atoms with Crippen LogP contribution in [0.3, 0.4) is 0 Å². The second kappa shape index (κ2) is 4.36. The number of H-pyrrole nitrogens is 1. The molecule has 0 spiro atoms. The fourth-order valence-electron chi connectivity index (χ4n) is 0.502. The predicted octanol–water partition coefficient (Wildman–Crippen LogP) is 1.92. The second-order valence-electron chi connectivity index (χ2n) is 1.71. The first-order chi connectivity index (χ1) is 5.04. The maximum atomic E-state index is 12.3. The van der Waals surface area contributed by atoms with Crippen molar-refractivity contribution in [3.63, 3.8) is 0 Å². The minimum Gasteiger partial charge on any atom is -0.303 e. The molecule has 1 N–H and O–H groups in total. The van der Waals surface area contributed by atoms with Crippen molar-refractivity contribution < 1.29 is 17.6 Å². The van der Waals surface area contributed by atoms with Crippen molar-refractivity contribution in [1.29, 1.82) is 0 Å². The van der Waals surface area contributed by atoms with Crippen molar-refractivity contribution in [3.05, 3.63) is 28.0 Å². The number of halogens is 4. The van der Waals surface area contributed by atoms with Gasteiger partial charge in [0.05, 0.1) is 0 Å². The molecule has 0 bridgehead atoms. The molecule has 12 heavy (non-hydrogen) atoms. The van der Waals surface area contributed by atoms with Crippen molar-refractivity contribution >= 4 is 41.8 Å². The molecule has 0 aliphatic heterocycles. The SMILES string of the molecule is Fc1[nH]c(F)c(F)c(=S)c1F.[Na]. The zero-order valence-corrected chi connectivity index (χ0v) is 8.74. The van der Waals surface area contributed by atoms with Gasteiger partial charge >= 0.3 is 0 Å². The Labute approximate surface area is 92.1 Å². The van der Waals surface area contributed by atoms with Crippen LogP contribution >= 0.6 is 12.2 Å². The normalized spacial score (nSPS) is 9.33. The van der Waals surface area contributed by atoms with E-state index in [1.165, 1.54) is 4.98 Å². The summed E-state index contributed by atoms with van der Waals surface area (Å²) in [6.07, 6.45) is 0. The maximum absolute atomic E-state index is 12.3. The fourth-order valence-corrected chi connectivity index (χ4v) is 0.681. The summed E-state index contributed by atoms with van der Waals surface area (Å²) in [7, 11) is 0. The zero-order chi connectivity index (χ0) is 8.59. The third-order valence-corrected chi connectivity index (χ3v) is 1.36. The van der Waals surface area contributed by atoms with Gasteiger partial charge in [0.25, 0.3) is 0 Å². The van der Waals surface area contributed by atoms with Gasteiger partial charge < -0.3 is 4.98 Å². The molecule has 0 amide bonds. The molecule has 1 rings (SSSR count). The van der Waals surface area contributed by atoms with Crippen LogP contribution in [0.15, 0.2) is 0 Å². The Bertz CT molecular complexity index is 321. The molecule has 1 nitrogen and oxygen atoms in total. The number of aromatic amines is 1. The summed E-state index contributed by atoms with van der Waals surface area (Å²) >= 11 is 4.02. The maximum Gasteiger partial charge on any atom is 0.231 e. The van der Waals surface area contributed by atoms with Gasteiger partial charge in [-0.25, -0.2) is 8.78 Å². The Morgan fingerprint density at radius 3 is 1.58 bits per heavy atom. The average Bonchev–Trinajstić information content (AvgIpc) is 1.97. The standard InChI is InChI=1S/C5HF4NS.Na/c6-1-3(11)2(7)5(9)10-4(1)8;/h(H,10,11);. The van der Waals surface area contributed by atoms with Gasteiger partial charge in [0.1, 0.15) is 4.51 Å². The first-order valence-corrected chi connectivity index (χ1v) is 2.87. The predicted molar refractivity (Wildman–Crippen MR) is 37.2 cm³/mol. The van der Waals surface area contributed by atoms with Gasteiger partial charge in [-0.1, -0.05) is 12.2 Å². The molecule has 0 unspecified atom stereocenters. The molecule has 0 saturated carbocycles. The van der Waals surface area contributed by atoms with Crippen LogP contribution in [-0.2, 0) is 0 Å². The van der Waals surface area contributed by atoms with Gasteiger partial charge in [-0.3, -0.25) is 0 Å². The Morgan fingerprint density at radius 1 is 0.917 bits per heavy atom. The summed E-state index contributed by atoms with van der Waals surface area (Å²) in [6.45, 7) is 0. The minimum absolute atomic E-state index is 0. The number of hydrogen-bond donors (Lipinski definition) is 1. The van der Waals surface area contributed by atoms with Gasteiger partial charge in [0.2, 0.25) is 11.9 Å². The van der Waals surface area contributed by atoms with E-state index in [4.69, 9.17) is 0 Å². The third kappa shape index (κ3) is 2.07. The number of hydrogen-bond acceptors (Lipinski definition) is 1. The second-order valence-corrected chi connectivity index (χ2v) is 2.12. The quantitative estimate of drug-likeness (QED) is 0.297. The Morgan fingerprint density at radius 2 is 1.25 bits per heavy atom. The first kappa shape index (κ1) is 12.1. The minimum atomic E-state index is -1.60. The van der Waals surface area contributed by atoms with E-state index in [9.17, 15) is 17.6 Å². The smallest absolute Gasteiger partial charge is 0.231 e. The van der Waals surface area contributed by atoms with Crippen LogP contribution in [0.4, 0.5) is 17.6 Å². The van der Waals surface area contributed by atoms with Gasteiger partial charge in [0.15, 0.2) is 11.6 Å². The van der Waals surface area contributed by atoms with E-state index in [0.29, 0.717) is 0 Å². The van der Waals surface area contributed by atoms with Crippen molar-refractivity contribution in [3.8, 4) is 0 Å². The Hall–Kier alpha value is 0.0900. The molecule has 0 saturated heterocycles. The molecular weight excluding hydrogens is 205 g/mol. The number of aromatic nitrogens is 1. The van der Waals surface area contributed by atoms with Gasteiger partial charge in [-0.15, -0.1) is 0 Å². The molecule has 1 radical (unpaired) electrons. The Kier molecular flexibility index (Phi) is 4.39. The molecule has 0 aliphatic rings. The first-order valence-electron chi connectivity index (χ1n) is 2.46.